The highest BCUT2D eigenvalue weighted by Gasteiger charge is 2.25. The van der Waals surface area contributed by atoms with Crippen molar-refractivity contribution in [3.8, 4) is 5.88 Å². The van der Waals surface area contributed by atoms with Gasteiger partial charge in [0.25, 0.3) is 0 Å². The third-order valence-corrected chi connectivity index (χ3v) is 3.46. The summed E-state index contributed by atoms with van der Waals surface area (Å²) in [7, 11) is 1.57. The van der Waals surface area contributed by atoms with E-state index < -0.39 is 6.10 Å². The molecule has 1 aromatic heterocycles. The molecule has 102 valence electrons. The lowest BCUT2D eigenvalue weighted by atomic mass is 9.85. The molecule has 4 nitrogen and oxygen atoms in total. The Bertz CT molecular complexity index is 535. The van der Waals surface area contributed by atoms with Crippen LogP contribution in [0.3, 0.4) is 0 Å². The highest BCUT2D eigenvalue weighted by atomic mass is 16.5. The summed E-state index contributed by atoms with van der Waals surface area (Å²) in [6.45, 7) is 3.39. The molecule has 4 heteroatoms. The monoisotopic (exact) mass is 261 g/mol. The molecule has 1 heterocycles. The predicted molar refractivity (Wildman–Crippen MR) is 73.1 cm³/mol. The van der Waals surface area contributed by atoms with Crippen molar-refractivity contribution in [2.24, 2.45) is 0 Å². The molecule has 1 aliphatic carbocycles. The van der Waals surface area contributed by atoms with Crippen LogP contribution in [0.2, 0.25) is 0 Å². The molecule has 0 aromatic carbocycles. The average molecular weight is 261 g/mol. The zero-order chi connectivity index (χ0) is 14.0. The van der Waals surface area contributed by atoms with Crippen LogP contribution in [0, 0.1) is 6.92 Å². The van der Waals surface area contributed by atoms with Gasteiger partial charge in [0, 0.05) is 16.8 Å². The van der Waals surface area contributed by atoms with E-state index in [2.05, 4.69) is 4.98 Å². The van der Waals surface area contributed by atoms with Gasteiger partial charge in [-0.2, -0.15) is 0 Å². The van der Waals surface area contributed by atoms with E-state index in [0.29, 0.717) is 5.88 Å². The summed E-state index contributed by atoms with van der Waals surface area (Å²) < 4.78 is 5.30. The van der Waals surface area contributed by atoms with Gasteiger partial charge in [-0.15, -0.1) is 0 Å². The zero-order valence-electron chi connectivity index (χ0n) is 11.6. The van der Waals surface area contributed by atoms with Gasteiger partial charge in [0.15, 0.2) is 5.78 Å². The number of ether oxygens (including phenoxy) is 1. The topological polar surface area (TPSA) is 59.4 Å². The maximum atomic E-state index is 11.1. The number of methoxy groups -OCH3 is 1. The fourth-order valence-electron chi connectivity index (χ4n) is 2.62. The molecule has 0 fully saturated rings. The van der Waals surface area contributed by atoms with Crippen LogP contribution in [-0.4, -0.2) is 23.0 Å². The molecule has 1 unspecified atom stereocenters. The minimum atomic E-state index is -0.466. The van der Waals surface area contributed by atoms with E-state index in [1.54, 1.807) is 13.2 Å². The Labute approximate surface area is 113 Å². The van der Waals surface area contributed by atoms with E-state index in [9.17, 15) is 9.90 Å². The van der Waals surface area contributed by atoms with Crippen LogP contribution in [0.5, 0.6) is 5.88 Å². The quantitative estimate of drug-likeness (QED) is 0.849. The molecule has 0 saturated carbocycles. The number of pyridine rings is 1. The van der Waals surface area contributed by atoms with Gasteiger partial charge in [-0.05, 0) is 50.8 Å². The molecule has 0 bridgehead atoms. The standard InChI is InChI=1S/C15H19NO3/c1-9(17)7-8-12-11-5-4-6-13(18)14(11)10(2)16-15(12)19-3/h7-8,13,18H,4-6H2,1-3H3/b8-7+. The number of rotatable bonds is 3. The summed E-state index contributed by atoms with van der Waals surface area (Å²) in [6.07, 6.45) is 5.36. The lowest BCUT2D eigenvalue weighted by molar-refractivity contribution is -0.112. The third kappa shape index (κ3) is 2.68. The van der Waals surface area contributed by atoms with E-state index >= 15 is 0 Å². The van der Waals surface area contributed by atoms with Gasteiger partial charge in [0.2, 0.25) is 5.88 Å². The number of ketones is 1. The molecular weight excluding hydrogens is 242 g/mol. The number of aryl methyl sites for hydroxylation is 1. The number of hydrogen-bond acceptors (Lipinski definition) is 4. The number of carbonyl (C=O) groups excluding carboxylic acids is 1. The normalized spacial score (nSPS) is 18.4. The number of allylic oxidation sites excluding steroid dienone is 1. The van der Waals surface area contributed by atoms with Crippen LogP contribution in [0.1, 0.15) is 48.3 Å². The summed E-state index contributed by atoms with van der Waals surface area (Å²) in [5, 5.41) is 10.1. The first-order valence-corrected chi connectivity index (χ1v) is 6.48. The number of fused-ring (bicyclic) bond motifs is 1. The molecule has 1 aromatic rings. The predicted octanol–water partition coefficient (Wildman–Crippen LogP) is 2.37. The second-order valence-corrected chi connectivity index (χ2v) is 4.86. The first kappa shape index (κ1) is 13.7. The van der Waals surface area contributed by atoms with E-state index in [-0.39, 0.29) is 5.78 Å². The molecule has 0 aliphatic heterocycles. The Morgan fingerprint density at radius 2 is 2.26 bits per heavy atom. The Balaban J connectivity index is 2.62. The van der Waals surface area contributed by atoms with Crippen LogP contribution in [0.25, 0.3) is 6.08 Å². The Kier molecular flexibility index (Phi) is 4.00. The van der Waals surface area contributed by atoms with Crippen LogP contribution >= 0.6 is 0 Å². The Hall–Kier alpha value is -1.68. The lowest BCUT2D eigenvalue weighted by Crippen LogP contribution is -2.15. The molecule has 19 heavy (non-hydrogen) atoms. The Morgan fingerprint density at radius 1 is 1.53 bits per heavy atom. The minimum Gasteiger partial charge on any atom is -0.481 e. The van der Waals surface area contributed by atoms with Gasteiger partial charge < -0.3 is 9.84 Å². The molecule has 1 atom stereocenters. The molecule has 0 spiro atoms. The molecule has 1 aliphatic rings. The maximum Gasteiger partial charge on any atom is 0.220 e. The molecular formula is C15H19NO3. The van der Waals surface area contributed by atoms with E-state index in [1.165, 1.54) is 13.0 Å². The second-order valence-electron chi connectivity index (χ2n) is 4.86. The van der Waals surface area contributed by atoms with Crippen molar-refractivity contribution < 1.29 is 14.6 Å². The fourth-order valence-corrected chi connectivity index (χ4v) is 2.62. The largest absolute Gasteiger partial charge is 0.481 e. The number of aliphatic hydroxyl groups is 1. The van der Waals surface area contributed by atoms with Crippen molar-refractivity contribution in [3.63, 3.8) is 0 Å². The summed E-state index contributed by atoms with van der Waals surface area (Å²) in [5.74, 6) is 0.496. The second kappa shape index (κ2) is 5.53. The first-order chi connectivity index (χ1) is 9.04. The van der Waals surface area contributed by atoms with Crippen LogP contribution in [-0.2, 0) is 11.2 Å². The van der Waals surface area contributed by atoms with E-state index in [1.807, 2.05) is 6.92 Å². The lowest BCUT2D eigenvalue weighted by Gasteiger charge is -2.25. The van der Waals surface area contributed by atoms with Crippen molar-refractivity contribution in [1.82, 2.24) is 4.98 Å². The van der Waals surface area contributed by atoms with Crippen LogP contribution in [0.15, 0.2) is 6.08 Å². The van der Waals surface area contributed by atoms with Gasteiger partial charge >= 0.3 is 0 Å². The molecule has 0 saturated heterocycles. The summed E-state index contributed by atoms with van der Waals surface area (Å²) >= 11 is 0. The fraction of sp³-hybridized carbons (Fsp3) is 0.467. The smallest absolute Gasteiger partial charge is 0.220 e. The van der Waals surface area contributed by atoms with Crippen LogP contribution < -0.4 is 4.74 Å². The number of nitrogens with zero attached hydrogens (tertiary/aromatic N) is 1. The van der Waals surface area contributed by atoms with Gasteiger partial charge in [-0.25, -0.2) is 4.98 Å². The number of aromatic nitrogens is 1. The first-order valence-electron chi connectivity index (χ1n) is 6.48. The van der Waals surface area contributed by atoms with Crippen molar-refractivity contribution in [2.75, 3.05) is 7.11 Å². The van der Waals surface area contributed by atoms with Gasteiger partial charge in [0.05, 0.1) is 13.2 Å². The zero-order valence-corrected chi connectivity index (χ0v) is 11.6. The number of aliphatic hydroxyl groups excluding tert-OH is 1. The molecule has 0 radical (unpaired) electrons. The molecule has 0 amide bonds. The van der Waals surface area contributed by atoms with E-state index in [4.69, 9.17) is 4.74 Å². The molecule has 1 N–H and O–H groups in total. The van der Waals surface area contributed by atoms with Crippen molar-refractivity contribution in [2.45, 2.75) is 39.2 Å². The molecule has 2 rings (SSSR count). The number of carbonyl (C=O) groups is 1. The van der Waals surface area contributed by atoms with Gasteiger partial charge in [-0.3, -0.25) is 4.79 Å². The van der Waals surface area contributed by atoms with Crippen molar-refractivity contribution in [1.29, 1.82) is 0 Å². The summed E-state index contributed by atoms with van der Waals surface area (Å²) in [6, 6.07) is 0. The van der Waals surface area contributed by atoms with Gasteiger partial charge in [0.1, 0.15) is 0 Å². The average Bonchev–Trinajstić information content (AvgIpc) is 2.36. The highest BCUT2D eigenvalue weighted by molar-refractivity contribution is 5.92. The van der Waals surface area contributed by atoms with Crippen LogP contribution in [0.4, 0.5) is 0 Å². The van der Waals surface area contributed by atoms with Crippen molar-refractivity contribution in [3.05, 3.63) is 28.5 Å². The maximum absolute atomic E-state index is 11.1. The third-order valence-electron chi connectivity index (χ3n) is 3.46. The summed E-state index contributed by atoms with van der Waals surface area (Å²) in [5.41, 5.74) is 3.58. The van der Waals surface area contributed by atoms with E-state index in [0.717, 1.165) is 41.6 Å². The van der Waals surface area contributed by atoms with Crippen molar-refractivity contribution >= 4 is 11.9 Å². The van der Waals surface area contributed by atoms with Gasteiger partial charge in [-0.1, -0.05) is 0 Å². The minimum absolute atomic E-state index is 0.0206. The SMILES string of the molecule is COc1nc(C)c2c(c1/C=C/C(C)=O)CCCC2O. The number of hydrogen-bond donors (Lipinski definition) is 1. The highest BCUT2D eigenvalue weighted by Crippen LogP contribution is 2.37. The Morgan fingerprint density at radius 3 is 2.89 bits per heavy atom. The summed E-state index contributed by atoms with van der Waals surface area (Å²) in [4.78, 5) is 15.5.